The van der Waals surface area contributed by atoms with Gasteiger partial charge in [0.1, 0.15) is 24.1 Å². The zero-order chi connectivity index (χ0) is 28.7. The average molecular weight is 576 g/mol. The number of nitrogens with zero attached hydrogens (tertiary/aromatic N) is 4. The second-order valence-corrected chi connectivity index (χ2v) is 10.6. The number of aromatic nitrogens is 2. The first-order chi connectivity index (χ1) is 19.8. The van der Waals surface area contributed by atoms with Gasteiger partial charge in [0.2, 0.25) is 5.91 Å². The fourth-order valence-electron chi connectivity index (χ4n) is 5.28. The van der Waals surface area contributed by atoms with Crippen molar-refractivity contribution in [2.45, 2.75) is 32.7 Å². The smallest absolute Gasteiger partial charge is 0.329 e. The standard InChI is InChI=1S/C30H27ClFN5O4/c1-35-28(37-10-9-27(39)34-30(37)40)13-33-29(35)19-6-7-20-15-36(16-21(20)12-19)14-18-5-8-26(25(38)11-18)41-17-22-23(31)3-2-4-24(22)32/h2-8,11-13,38H,9-10,14-17H2,1H3,(H,34,39,40). The largest absolute Gasteiger partial charge is 0.504 e. The molecule has 0 atom stereocenters. The van der Waals surface area contributed by atoms with E-state index < -0.39 is 11.8 Å². The van der Waals surface area contributed by atoms with Gasteiger partial charge in [0, 0.05) is 50.8 Å². The normalized spacial score (nSPS) is 15.2. The van der Waals surface area contributed by atoms with Crippen molar-refractivity contribution < 1.29 is 23.8 Å². The van der Waals surface area contributed by atoms with E-state index in [0.717, 1.165) is 30.0 Å². The van der Waals surface area contributed by atoms with Crippen molar-refractivity contribution in [1.29, 1.82) is 0 Å². The Hall–Kier alpha value is -4.41. The molecule has 4 aromatic rings. The lowest BCUT2D eigenvalue weighted by atomic mass is 10.1. The lowest BCUT2D eigenvalue weighted by Gasteiger charge is -2.26. The van der Waals surface area contributed by atoms with Crippen LogP contribution in [0.1, 0.15) is 28.7 Å². The Balaban J connectivity index is 1.11. The van der Waals surface area contributed by atoms with Crippen LogP contribution in [0.15, 0.2) is 60.8 Å². The molecule has 0 bridgehead atoms. The second kappa shape index (κ2) is 10.9. The molecule has 0 aliphatic carbocycles. The number of imide groups is 1. The molecule has 3 heterocycles. The van der Waals surface area contributed by atoms with E-state index in [9.17, 15) is 19.1 Å². The molecule has 2 N–H and O–H groups in total. The summed E-state index contributed by atoms with van der Waals surface area (Å²) in [4.78, 5) is 32.2. The van der Waals surface area contributed by atoms with Crippen LogP contribution in [0.2, 0.25) is 5.02 Å². The van der Waals surface area contributed by atoms with E-state index >= 15 is 0 Å². The van der Waals surface area contributed by atoms with Gasteiger partial charge in [0.25, 0.3) is 0 Å². The minimum Gasteiger partial charge on any atom is -0.504 e. The summed E-state index contributed by atoms with van der Waals surface area (Å²) in [5.74, 6) is 0.846. The second-order valence-electron chi connectivity index (χ2n) is 10.2. The van der Waals surface area contributed by atoms with Crippen LogP contribution in [0.3, 0.4) is 0 Å². The third kappa shape index (κ3) is 5.36. The maximum Gasteiger partial charge on any atom is 0.329 e. The summed E-state index contributed by atoms with van der Waals surface area (Å²) in [5, 5.41) is 13.2. The highest BCUT2D eigenvalue weighted by Crippen LogP contribution is 2.33. The number of halogens is 2. The Morgan fingerprint density at radius 1 is 1.10 bits per heavy atom. The molecule has 0 unspecified atom stereocenters. The Bertz CT molecular complexity index is 1650. The maximum atomic E-state index is 14.0. The summed E-state index contributed by atoms with van der Waals surface area (Å²) >= 11 is 6.07. The first-order valence-electron chi connectivity index (χ1n) is 13.1. The van der Waals surface area contributed by atoms with E-state index in [1.165, 1.54) is 28.2 Å². The van der Waals surface area contributed by atoms with Crippen LogP contribution in [-0.4, -0.2) is 38.0 Å². The molecule has 6 rings (SSSR count). The number of carbonyl (C=O) groups excluding carboxylic acids is 2. The molecule has 41 heavy (non-hydrogen) atoms. The molecule has 2 aliphatic rings. The molecular formula is C30H27ClFN5O4. The zero-order valence-corrected chi connectivity index (χ0v) is 23.0. The molecule has 1 aromatic heterocycles. The summed E-state index contributed by atoms with van der Waals surface area (Å²) in [7, 11) is 1.85. The number of imidazole rings is 1. The summed E-state index contributed by atoms with van der Waals surface area (Å²) in [6, 6.07) is 15.4. The summed E-state index contributed by atoms with van der Waals surface area (Å²) in [6.45, 7) is 2.32. The van der Waals surface area contributed by atoms with Crippen LogP contribution < -0.4 is 15.0 Å². The molecule has 3 aromatic carbocycles. The number of phenols is 1. The fourth-order valence-corrected chi connectivity index (χ4v) is 5.50. The minimum atomic E-state index is -0.458. The first-order valence-corrected chi connectivity index (χ1v) is 13.5. The number of urea groups is 1. The van der Waals surface area contributed by atoms with E-state index in [2.05, 4.69) is 27.3 Å². The summed E-state index contributed by atoms with van der Waals surface area (Å²) in [5.41, 5.74) is 4.48. The van der Waals surface area contributed by atoms with Crippen molar-refractivity contribution in [3.8, 4) is 22.9 Å². The van der Waals surface area contributed by atoms with Crippen LogP contribution >= 0.6 is 11.6 Å². The van der Waals surface area contributed by atoms with Crippen LogP contribution in [0.25, 0.3) is 11.4 Å². The molecule has 0 saturated carbocycles. The van der Waals surface area contributed by atoms with Crippen LogP contribution in [0.4, 0.5) is 15.0 Å². The number of amides is 3. The van der Waals surface area contributed by atoms with Crippen molar-refractivity contribution in [3.63, 3.8) is 0 Å². The fraction of sp³-hybridized carbons (Fsp3) is 0.233. The topological polar surface area (TPSA) is 99.9 Å². The van der Waals surface area contributed by atoms with Gasteiger partial charge in [-0.1, -0.05) is 35.9 Å². The van der Waals surface area contributed by atoms with Gasteiger partial charge in [-0.05, 0) is 47.0 Å². The third-order valence-corrected chi connectivity index (χ3v) is 7.76. The third-order valence-electron chi connectivity index (χ3n) is 7.41. The number of nitrogens with one attached hydrogen (secondary N) is 1. The molecule has 0 spiro atoms. The highest BCUT2D eigenvalue weighted by molar-refractivity contribution is 6.31. The van der Waals surface area contributed by atoms with Gasteiger partial charge >= 0.3 is 6.03 Å². The molecule has 11 heteroatoms. The van der Waals surface area contributed by atoms with Crippen LogP contribution in [0.5, 0.6) is 11.5 Å². The monoisotopic (exact) mass is 575 g/mol. The van der Waals surface area contributed by atoms with Gasteiger partial charge < -0.3 is 14.4 Å². The molecule has 210 valence electrons. The number of aromatic hydroxyl groups is 1. The number of fused-ring (bicyclic) bond motifs is 1. The van der Waals surface area contributed by atoms with Gasteiger partial charge in [-0.2, -0.15) is 0 Å². The predicted octanol–water partition coefficient (Wildman–Crippen LogP) is 5.13. The van der Waals surface area contributed by atoms with Gasteiger partial charge in [0.15, 0.2) is 11.5 Å². The Kier molecular flexibility index (Phi) is 7.10. The number of ether oxygens (including phenoxy) is 1. The van der Waals surface area contributed by atoms with E-state index in [-0.39, 0.29) is 41.0 Å². The quantitative estimate of drug-likeness (QED) is 0.317. The van der Waals surface area contributed by atoms with Crippen molar-refractivity contribution in [3.05, 3.63) is 93.9 Å². The summed E-state index contributed by atoms with van der Waals surface area (Å²) < 4.78 is 21.5. The zero-order valence-electron chi connectivity index (χ0n) is 22.2. The van der Waals surface area contributed by atoms with Gasteiger partial charge in [-0.3, -0.25) is 19.9 Å². The minimum absolute atomic E-state index is 0.0219. The molecular weight excluding hydrogens is 549 g/mol. The van der Waals surface area contributed by atoms with Gasteiger partial charge in [0.05, 0.1) is 11.2 Å². The van der Waals surface area contributed by atoms with Crippen molar-refractivity contribution in [1.82, 2.24) is 19.8 Å². The number of phenolic OH excluding ortho intramolecular Hbond substituents is 1. The molecule has 3 amide bonds. The van der Waals surface area contributed by atoms with Crippen molar-refractivity contribution >= 4 is 29.4 Å². The predicted molar refractivity (Wildman–Crippen MR) is 151 cm³/mol. The molecule has 1 saturated heterocycles. The first kappa shape index (κ1) is 26.8. The lowest BCUT2D eigenvalue weighted by Crippen LogP contribution is -2.50. The van der Waals surface area contributed by atoms with E-state index in [1.54, 1.807) is 24.4 Å². The summed E-state index contributed by atoms with van der Waals surface area (Å²) in [6.07, 6.45) is 1.89. The number of hydrogen-bond donors (Lipinski definition) is 2. The number of benzene rings is 3. The molecule has 0 radical (unpaired) electrons. The Morgan fingerprint density at radius 3 is 2.71 bits per heavy atom. The van der Waals surface area contributed by atoms with Gasteiger partial charge in [-0.25, -0.2) is 14.2 Å². The van der Waals surface area contributed by atoms with Gasteiger partial charge in [-0.15, -0.1) is 0 Å². The van der Waals surface area contributed by atoms with E-state index in [0.29, 0.717) is 18.9 Å². The van der Waals surface area contributed by atoms with Crippen molar-refractivity contribution in [2.75, 3.05) is 11.4 Å². The number of carbonyl (C=O) groups is 2. The number of anilines is 1. The number of rotatable bonds is 7. The van der Waals surface area contributed by atoms with Crippen LogP contribution in [0, 0.1) is 5.82 Å². The van der Waals surface area contributed by atoms with E-state index in [1.807, 2.05) is 23.7 Å². The molecule has 9 nitrogen and oxygen atoms in total. The Morgan fingerprint density at radius 2 is 1.93 bits per heavy atom. The average Bonchev–Trinajstić information content (AvgIpc) is 3.51. The number of hydrogen-bond acceptors (Lipinski definition) is 6. The van der Waals surface area contributed by atoms with E-state index in [4.69, 9.17) is 16.3 Å². The van der Waals surface area contributed by atoms with Crippen molar-refractivity contribution in [2.24, 2.45) is 7.05 Å². The molecule has 1 fully saturated rings. The Labute approximate surface area is 240 Å². The van der Waals surface area contributed by atoms with Crippen LogP contribution in [-0.2, 0) is 38.1 Å². The highest BCUT2D eigenvalue weighted by atomic mass is 35.5. The maximum absolute atomic E-state index is 14.0. The molecule has 2 aliphatic heterocycles. The lowest BCUT2D eigenvalue weighted by molar-refractivity contribution is -0.120. The highest BCUT2D eigenvalue weighted by Gasteiger charge is 2.28. The SMILES string of the molecule is Cn1c(N2CCC(=O)NC2=O)cnc1-c1ccc2c(c1)CN(Cc1ccc(OCc3c(F)cccc3Cl)c(O)c1)C2.